The zero-order valence-electron chi connectivity index (χ0n) is 11.3. The lowest BCUT2D eigenvalue weighted by Crippen LogP contribution is -2.21. The summed E-state index contributed by atoms with van der Waals surface area (Å²) < 4.78 is 1.08. The molecule has 1 aromatic heterocycles. The highest BCUT2D eigenvalue weighted by molar-refractivity contribution is 9.10. The Morgan fingerprint density at radius 1 is 1.45 bits per heavy atom. The molecule has 0 bridgehead atoms. The first kappa shape index (κ1) is 14.9. The molecule has 1 heterocycles. The van der Waals surface area contributed by atoms with Crippen LogP contribution in [-0.4, -0.2) is 20.0 Å². The fraction of sp³-hybridized carbons (Fsp3) is 0.214. The van der Waals surface area contributed by atoms with Crippen LogP contribution in [-0.2, 0) is 6.54 Å². The van der Waals surface area contributed by atoms with Gasteiger partial charge in [-0.1, -0.05) is 0 Å². The maximum Gasteiger partial charge on any atom is 0.251 e. The molecule has 106 valence electrons. The quantitative estimate of drug-likeness (QED) is 0.830. The number of carbonyl (C=O) groups is 1. The number of rotatable bonds is 4. The minimum Gasteiger partial charge on any atom is -0.397 e. The Morgan fingerprint density at radius 3 is 2.80 bits per heavy atom. The molecule has 1 aromatic carbocycles. The second-order valence-corrected chi connectivity index (χ2v) is 6.35. The number of benzene rings is 1. The van der Waals surface area contributed by atoms with E-state index in [1.165, 1.54) is 4.88 Å². The van der Waals surface area contributed by atoms with E-state index in [-0.39, 0.29) is 5.91 Å². The van der Waals surface area contributed by atoms with Gasteiger partial charge in [0.1, 0.15) is 0 Å². The molecule has 0 unspecified atom stereocenters. The van der Waals surface area contributed by atoms with Crippen LogP contribution < -0.4 is 16.0 Å². The van der Waals surface area contributed by atoms with Crippen LogP contribution in [0.2, 0.25) is 0 Å². The Balaban J connectivity index is 2.24. The van der Waals surface area contributed by atoms with Crippen LogP contribution in [0.1, 0.15) is 15.2 Å². The van der Waals surface area contributed by atoms with Crippen molar-refractivity contribution in [2.45, 2.75) is 6.54 Å². The molecule has 2 rings (SSSR count). The monoisotopic (exact) mass is 353 g/mol. The normalized spacial score (nSPS) is 10.3. The molecule has 0 aliphatic carbocycles. The number of hydrogen-bond donors (Lipinski definition) is 2. The Bertz CT molecular complexity index is 627. The molecule has 0 saturated heterocycles. The smallest absolute Gasteiger partial charge is 0.251 e. The summed E-state index contributed by atoms with van der Waals surface area (Å²) in [5, 5.41) is 4.67. The summed E-state index contributed by atoms with van der Waals surface area (Å²) in [6, 6.07) is 7.39. The molecule has 0 saturated carbocycles. The number of carbonyl (C=O) groups excluding carboxylic acids is 1. The first-order chi connectivity index (χ1) is 9.51. The molecule has 4 nitrogen and oxygen atoms in total. The molecule has 0 fully saturated rings. The third-order valence-corrected chi connectivity index (χ3v) is 4.63. The Morgan fingerprint density at radius 2 is 2.20 bits per heavy atom. The van der Waals surface area contributed by atoms with E-state index in [1.807, 2.05) is 23.4 Å². The van der Waals surface area contributed by atoms with Gasteiger partial charge in [0.2, 0.25) is 0 Å². The van der Waals surface area contributed by atoms with Crippen molar-refractivity contribution in [3.63, 3.8) is 0 Å². The van der Waals surface area contributed by atoms with Crippen molar-refractivity contribution < 1.29 is 4.79 Å². The van der Waals surface area contributed by atoms with E-state index in [9.17, 15) is 4.79 Å². The highest BCUT2D eigenvalue weighted by atomic mass is 79.9. The predicted molar refractivity (Wildman–Crippen MR) is 88.4 cm³/mol. The van der Waals surface area contributed by atoms with E-state index in [4.69, 9.17) is 5.73 Å². The number of nitrogen functional groups attached to an aromatic ring is 1. The molecule has 0 aliphatic heterocycles. The first-order valence-corrected chi connectivity index (χ1v) is 7.74. The van der Waals surface area contributed by atoms with Gasteiger partial charge in [-0.2, -0.15) is 0 Å². The largest absolute Gasteiger partial charge is 0.397 e. The second kappa shape index (κ2) is 6.28. The minimum absolute atomic E-state index is 0.112. The molecule has 20 heavy (non-hydrogen) atoms. The lowest BCUT2D eigenvalue weighted by molar-refractivity contribution is 0.0963. The number of anilines is 2. The Labute approximate surface area is 130 Å². The van der Waals surface area contributed by atoms with Crippen molar-refractivity contribution in [3.05, 3.63) is 44.6 Å². The number of amides is 1. The van der Waals surface area contributed by atoms with Crippen molar-refractivity contribution in [3.8, 4) is 0 Å². The molecule has 6 heteroatoms. The van der Waals surface area contributed by atoms with Gasteiger partial charge in [0.05, 0.1) is 17.9 Å². The summed E-state index contributed by atoms with van der Waals surface area (Å²) in [5.74, 6) is -0.112. The van der Waals surface area contributed by atoms with Gasteiger partial charge in [-0.25, -0.2) is 0 Å². The van der Waals surface area contributed by atoms with Crippen LogP contribution in [0.4, 0.5) is 11.4 Å². The fourth-order valence-electron chi connectivity index (χ4n) is 1.92. The van der Waals surface area contributed by atoms with Crippen LogP contribution in [0.15, 0.2) is 34.1 Å². The van der Waals surface area contributed by atoms with E-state index < -0.39 is 0 Å². The third-order valence-electron chi connectivity index (χ3n) is 2.95. The summed E-state index contributed by atoms with van der Waals surface area (Å²) in [7, 11) is 3.58. The Kier molecular flexibility index (Phi) is 4.67. The molecule has 0 atom stereocenters. The van der Waals surface area contributed by atoms with Crippen molar-refractivity contribution in [1.29, 1.82) is 0 Å². The Hall–Kier alpha value is -1.53. The van der Waals surface area contributed by atoms with E-state index >= 15 is 0 Å². The zero-order chi connectivity index (χ0) is 14.7. The number of hydrogen-bond acceptors (Lipinski definition) is 4. The van der Waals surface area contributed by atoms with Crippen molar-refractivity contribution in [1.82, 2.24) is 5.32 Å². The van der Waals surface area contributed by atoms with Crippen molar-refractivity contribution >= 4 is 44.5 Å². The molecule has 0 aliphatic rings. The molecular weight excluding hydrogens is 338 g/mol. The topological polar surface area (TPSA) is 58.4 Å². The first-order valence-electron chi connectivity index (χ1n) is 6.07. The van der Waals surface area contributed by atoms with Gasteiger partial charge in [-0.15, -0.1) is 11.3 Å². The number of halogens is 1. The third kappa shape index (κ3) is 3.32. The number of thiophene rings is 1. The highest BCUT2D eigenvalue weighted by Gasteiger charge is 2.11. The van der Waals surface area contributed by atoms with Crippen LogP contribution in [0, 0.1) is 0 Å². The van der Waals surface area contributed by atoms with Gasteiger partial charge in [-0.05, 0) is 40.2 Å². The molecule has 3 N–H and O–H groups in total. The number of nitrogens with zero attached hydrogens (tertiary/aromatic N) is 1. The van der Waals surface area contributed by atoms with Gasteiger partial charge in [0.15, 0.2) is 0 Å². The molecule has 0 radical (unpaired) electrons. The zero-order valence-corrected chi connectivity index (χ0v) is 13.7. The molecule has 2 aromatic rings. The van der Waals surface area contributed by atoms with E-state index in [1.54, 1.807) is 30.5 Å². The molecule has 1 amide bonds. The second-order valence-electron chi connectivity index (χ2n) is 4.44. The van der Waals surface area contributed by atoms with E-state index in [0.29, 0.717) is 11.3 Å². The van der Waals surface area contributed by atoms with Crippen LogP contribution in [0.3, 0.4) is 0 Å². The maximum atomic E-state index is 11.7. The van der Waals surface area contributed by atoms with Crippen molar-refractivity contribution in [2.75, 3.05) is 24.7 Å². The predicted octanol–water partition coefficient (Wildman–Crippen LogP) is 3.09. The lowest BCUT2D eigenvalue weighted by Gasteiger charge is -2.21. The molecular formula is C14H16BrN3OS. The van der Waals surface area contributed by atoms with Gasteiger partial charge in [0, 0.05) is 34.4 Å². The minimum atomic E-state index is -0.112. The van der Waals surface area contributed by atoms with Gasteiger partial charge in [0.25, 0.3) is 5.91 Å². The number of nitrogens with two attached hydrogens (primary N) is 1. The number of nitrogens with one attached hydrogen (secondary N) is 1. The van der Waals surface area contributed by atoms with Gasteiger partial charge in [-0.3, -0.25) is 4.79 Å². The standard InChI is InChI=1S/C14H16BrN3OS/c1-17-14(19)9-3-4-12(16)13(5-9)18(2)7-11-6-10(15)8-20-11/h3-6,8H,7,16H2,1-2H3,(H,17,19). The van der Waals surface area contributed by atoms with E-state index in [2.05, 4.69) is 27.3 Å². The van der Waals surface area contributed by atoms with Crippen LogP contribution >= 0.6 is 27.3 Å². The van der Waals surface area contributed by atoms with Gasteiger partial charge >= 0.3 is 0 Å². The highest BCUT2D eigenvalue weighted by Crippen LogP contribution is 2.27. The lowest BCUT2D eigenvalue weighted by atomic mass is 10.1. The summed E-state index contributed by atoms with van der Waals surface area (Å²) >= 11 is 5.13. The van der Waals surface area contributed by atoms with Crippen molar-refractivity contribution in [2.24, 2.45) is 0 Å². The maximum absolute atomic E-state index is 11.7. The summed E-state index contributed by atoms with van der Waals surface area (Å²) in [4.78, 5) is 15.0. The average molecular weight is 354 g/mol. The fourth-order valence-corrected chi connectivity index (χ4v) is 3.42. The van der Waals surface area contributed by atoms with Crippen LogP contribution in [0.25, 0.3) is 0 Å². The van der Waals surface area contributed by atoms with Crippen LogP contribution in [0.5, 0.6) is 0 Å². The molecule has 0 spiro atoms. The summed E-state index contributed by atoms with van der Waals surface area (Å²) in [5.41, 5.74) is 8.14. The van der Waals surface area contributed by atoms with E-state index in [0.717, 1.165) is 16.7 Å². The SMILES string of the molecule is CNC(=O)c1ccc(N)c(N(C)Cc2cc(Br)cs2)c1. The van der Waals surface area contributed by atoms with Gasteiger partial charge < -0.3 is 16.0 Å². The average Bonchev–Trinajstić information content (AvgIpc) is 2.83. The summed E-state index contributed by atoms with van der Waals surface area (Å²) in [6.07, 6.45) is 0. The summed E-state index contributed by atoms with van der Waals surface area (Å²) in [6.45, 7) is 0.748.